The normalized spacial score (nSPS) is 18.5. The number of rotatable bonds is 15. The van der Waals surface area contributed by atoms with E-state index in [2.05, 4.69) is 195 Å². The number of allylic oxidation sites excluding steroid dienone is 1. The van der Waals surface area contributed by atoms with Crippen LogP contribution in [0.25, 0.3) is 0 Å². The van der Waals surface area contributed by atoms with Crippen LogP contribution in [0.15, 0.2) is 146 Å². The first kappa shape index (κ1) is 39.9. The third-order valence-electron chi connectivity index (χ3n) is 11.0. The fourth-order valence-electron chi connectivity index (χ4n) is 8.27. The van der Waals surface area contributed by atoms with Crippen LogP contribution in [0, 0.1) is 5.92 Å². The third-order valence-corrected chi connectivity index (χ3v) is 21.1. The van der Waals surface area contributed by atoms with Crippen LogP contribution in [0.1, 0.15) is 81.1 Å². The molecule has 0 aromatic heterocycles. The molecule has 1 heterocycles. The maximum atomic E-state index is 7.63. The Labute approximate surface area is 317 Å². The van der Waals surface area contributed by atoms with Gasteiger partial charge in [-0.15, -0.1) is 0 Å². The van der Waals surface area contributed by atoms with E-state index in [1.807, 2.05) is 0 Å². The molecule has 0 unspecified atom stereocenters. The van der Waals surface area contributed by atoms with E-state index < -0.39 is 16.6 Å². The molecule has 0 amide bonds. The Morgan fingerprint density at radius 3 is 1.54 bits per heavy atom. The molecule has 0 bridgehead atoms. The van der Waals surface area contributed by atoms with Gasteiger partial charge in [-0.05, 0) is 69.0 Å². The van der Waals surface area contributed by atoms with E-state index in [0.29, 0.717) is 6.61 Å². The number of ether oxygens (including phenoxy) is 1. The van der Waals surface area contributed by atoms with Crippen molar-refractivity contribution in [2.45, 2.75) is 109 Å². The van der Waals surface area contributed by atoms with Crippen molar-refractivity contribution in [3.05, 3.63) is 146 Å². The minimum atomic E-state index is -2.70. The first-order valence-electron chi connectivity index (χ1n) is 19.3. The van der Waals surface area contributed by atoms with Gasteiger partial charge in [0.15, 0.2) is 0 Å². The zero-order valence-electron chi connectivity index (χ0n) is 33.0. The molecule has 4 atom stereocenters. The average Bonchev–Trinajstić information content (AvgIpc) is 3.52. The Morgan fingerprint density at radius 1 is 0.712 bits per heavy atom. The van der Waals surface area contributed by atoms with Gasteiger partial charge in [-0.25, -0.2) is 0 Å². The summed E-state index contributed by atoms with van der Waals surface area (Å²) in [6.45, 7) is 23.7. The molecule has 5 heteroatoms. The molecule has 0 aliphatic carbocycles. The smallest absolute Gasteiger partial charge is 0.261 e. The lowest BCUT2D eigenvalue weighted by Crippen LogP contribution is -2.67. The summed E-state index contributed by atoms with van der Waals surface area (Å²) in [4.78, 5) is 0. The van der Waals surface area contributed by atoms with E-state index in [1.54, 1.807) is 0 Å². The van der Waals surface area contributed by atoms with Crippen molar-refractivity contribution >= 4 is 37.4 Å². The van der Waals surface area contributed by atoms with Gasteiger partial charge in [0, 0.05) is 18.6 Å². The monoisotopic (exact) mass is 730 g/mol. The quantitative estimate of drug-likeness (QED) is 0.0901. The molecule has 1 aliphatic rings. The van der Waals surface area contributed by atoms with Gasteiger partial charge in [0.1, 0.15) is 0 Å². The van der Waals surface area contributed by atoms with Crippen molar-refractivity contribution < 1.29 is 13.6 Å². The maximum Gasteiger partial charge on any atom is 0.261 e. The van der Waals surface area contributed by atoms with E-state index in [1.165, 1.54) is 26.3 Å². The van der Waals surface area contributed by atoms with Gasteiger partial charge in [0.2, 0.25) is 0 Å². The topological polar surface area (TPSA) is 27.7 Å². The van der Waals surface area contributed by atoms with Crippen LogP contribution < -0.4 is 20.7 Å². The van der Waals surface area contributed by atoms with Crippen LogP contribution in [0.4, 0.5) is 0 Å². The lowest BCUT2D eigenvalue weighted by Gasteiger charge is -2.45. The Kier molecular flexibility index (Phi) is 13.2. The summed E-state index contributed by atoms with van der Waals surface area (Å²) in [5.41, 5.74) is 1.19. The highest BCUT2D eigenvalue weighted by atomic mass is 28.4. The lowest BCUT2D eigenvalue weighted by molar-refractivity contribution is -0.00113. The molecule has 276 valence electrons. The fraction of sp³-hybridized carbons (Fsp3) is 0.404. The molecule has 0 saturated carbocycles. The summed E-state index contributed by atoms with van der Waals surface area (Å²) < 4.78 is 21.8. The third kappa shape index (κ3) is 8.56. The van der Waals surface area contributed by atoms with Gasteiger partial charge in [0.05, 0.1) is 12.2 Å². The number of benzene rings is 4. The van der Waals surface area contributed by atoms with Crippen LogP contribution in [0.3, 0.4) is 0 Å². The first-order valence-corrected chi connectivity index (χ1v) is 23.1. The Hall–Kier alpha value is -3.33. The molecule has 5 rings (SSSR count). The lowest BCUT2D eigenvalue weighted by atomic mass is 9.98. The highest BCUT2D eigenvalue weighted by Gasteiger charge is 2.52. The summed E-state index contributed by atoms with van der Waals surface area (Å²) in [5, 5.41) is 5.10. The Morgan fingerprint density at radius 2 is 1.13 bits per heavy atom. The van der Waals surface area contributed by atoms with Crippen molar-refractivity contribution in [2.75, 3.05) is 6.61 Å². The molecule has 0 N–H and O–H groups in total. The second-order valence-corrected chi connectivity index (χ2v) is 25.3. The highest BCUT2D eigenvalue weighted by Crippen LogP contribution is 2.40. The van der Waals surface area contributed by atoms with Crippen molar-refractivity contribution in [3.63, 3.8) is 0 Å². The standard InChI is InChI=1S/C47H62O3Si2/c1-10-11-24-39(50-52(47(7,8)9,42-29-20-14-21-30-42)43-31-22-15-23-32-43)33-34-44-37(2)35-45(49-44)38(3)36-48-51(46(4,5)6,40-25-16-12-17-26-40)41-27-18-13-19-28-41/h10-23,25-32,38-39,44-45H,2,24,33-36H2,1,3-9H3/b11-10+/t38-,39+,44-,45-/m0/s1. The molecular formula is C47H62O3Si2. The van der Waals surface area contributed by atoms with E-state index in [4.69, 9.17) is 13.6 Å². The zero-order chi connectivity index (χ0) is 37.4. The van der Waals surface area contributed by atoms with Crippen LogP contribution in [-0.4, -0.2) is 41.6 Å². The minimum absolute atomic E-state index is 0.0103. The van der Waals surface area contributed by atoms with Gasteiger partial charge in [-0.2, -0.15) is 0 Å². The Balaban J connectivity index is 1.34. The Bertz CT molecular complexity index is 1630. The summed E-state index contributed by atoms with van der Waals surface area (Å²) in [6, 6.07) is 43.8. The number of hydrogen-bond acceptors (Lipinski definition) is 3. The van der Waals surface area contributed by atoms with Crippen LogP contribution in [-0.2, 0) is 13.6 Å². The molecular weight excluding hydrogens is 669 g/mol. The zero-order valence-corrected chi connectivity index (χ0v) is 35.0. The fourth-order valence-corrected chi connectivity index (χ4v) is 17.7. The molecule has 0 radical (unpaired) electrons. The molecule has 3 nitrogen and oxygen atoms in total. The average molecular weight is 731 g/mol. The van der Waals surface area contributed by atoms with Crippen LogP contribution in [0.5, 0.6) is 0 Å². The molecule has 4 aromatic rings. The van der Waals surface area contributed by atoms with E-state index in [0.717, 1.165) is 25.7 Å². The second kappa shape index (κ2) is 17.2. The molecule has 4 aromatic carbocycles. The number of hydrogen-bond donors (Lipinski definition) is 0. The van der Waals surface area contributed by atoms with Gasteiger partial charge in [0.25, 0.3) is 16.6 Å². The largest absolute Gasteiger partial charge is 0.407 e. The SMILES string of the molecule is C=C1C[C@@H]([C@@H](C)CO[Si](c2ccccc2)(c2ccccc2)C(C)(C)C)O[C@H]1CC[C@@H](C/C=C/C)O[Si](c1ccccc1)(c1ccccc1)C(C)(C)C. The molecule has 1 saturated heterocycles. The van der Waals surface area contributed by atoms with Crippen LogP contribution >= 0.6 is 0 Å². The summed E-state index contributed by atoms with van der Waals surface area (Å²) in [6.07, 6.45) is 8.07. The van der Waals surface area contributed by atoms with Gasteiger partial charge in [-0.1, -0.05) is 189 Å². The molecule has 52 heavy (non-hydrogen) atoms. The molecule has 0 spiro atoms. The predicted octanol–water partition coefficient (Wildman–Crippen LogP) is 9.60. The minimum Gasteiger partial charge on any atom is -0.407 e. The van der Waals surface area contributed by atoms with Crippen LogP contribution in [0.2, 0.25) is 10.1 Å². The van der Waals surface area contributed by atoms with E-state index in [-0.39, 0.29) is 34.3 Å². The van der Waals surface area contributed by atoms with Gasteiger partial charge in [-0.3, -0.25) is 0 Å². The van der Waals surface area contributed by atoms with Crippen molar-refractivity contribution in [3.8, 4) is 0 Å². The first-order chi connectivity index (χ1) is 24.8. The maximum absolute atomic E-state index is 7.63. The predicted molar refractivity (Wildman–Crippen MR) is 226 cm³/mol. The van der Waals surface area contributed by atoms with Crippen molar-refractivity contribution in [2.24, 2.45) is 5.92 Å². The van der Waals surface area contributed by atoms with E-state index >= 15 is 0 Å². The van der Waals surface area contributed by atoms with Gasteiger partial charge < -0.3 is 13.6 Å². The molecule has 1 aliphatic heterocycles. The van der Waals surface area contributed by atoms with Crippen molar-refractivity contribution in [1.29, 1.82) is 0 Å². The highest BCUT2D eigenvalue weighted by molar-refractivity contribution is 7.00. The summed E-state index contributed by atoms with van der Waals surface area (Å²) in [5.74, 6) is 0.218. The van der Waals surface area contributed by atoms with Gasteiger partial charge >= 0.3 is 0 Å². The summed E-state index contributed by atoms with van der Waals surface area (Å²) in [7, 11) is -5.33. The molecule has 1 fully saturated rings. The second-order valence-electron chi connectivity index (χ2n) is 16.8. The van der Waals surface area contributed by atoms with Crippen molar-refractivity contribution in [1.82, 2.24) is 0 Å². The van der Waals surface area contributed by atoms with E-state index in [9.17, 15) is 0 Å². The summed E-state index contributed by atoms with van der Waals surface area (Å²) >= 11 is 0.